The highest BCUT2D eigenvalue weighted by Crippen LogP contribution is 2.20. The van der Waals surface area contributed by atoms with Crippen LogP contribution < -0.4 is 10.4 Å². The van der Waals surface area contributed by atoms with Crippen molar-refractivity contribution in [2.24, 2.45) is 5.92 Å². The van der Waals surface area contributed by atoms with Crippen molar-refractivity contribution in [3.05, 3.63) is 109 Å². The van der Waals surface area contributed by atoms with Crippen molar-refractivity contribution in [3.8, 4) is 0 Å². The van der Waals surface area contributed by atoms with Crippen LogP contribution in [0.25, 0.3) is 0 Å². The molecule has 0 heterocycles. The van der Waals surface area contributed by atoms with E-state index in [0.29, 0.717) is 5.92 Å². The third-order valence-corrected chi connectivity index (χ3v) is 8.83. The van der Waals surface area contributed by atoms with Gasteiger partial charge in [-0.15, -0.1) is 6.58 Å². The molecule has 0 spiro atoms. The molecule has 0 aromatic heterocycles. The zero-order chi connectivity index (χ0) is 19.1. The van der Waals surface area contributed by atoms with Crippen LogP contribution >= 0.6 is 0 Å². The van der Waals surface area contributed by atoms with Gasteiger partial charge in [-0.05, 0) is 34.8 Å². The van der Waals surface area contributed by atoms with E-state index >= 15 is 0 Å². The zero-order valence-corrected chi connectivity index (χ0v) is 17.2. The van der Waals surface area contributed by atoms with Gasteiger partial charge in [0.15, 0.2) is 0 Å². The summed E-state index contributed by atoms with van der Waals surface area (Å²) in [5, 5.41) is 2.57. The van der Waals surface area contributed by atoms with Crippen molar-refractivity contribution in [2.75, 3.05) is 0 Å². The van der Waals surface area contributed by atoms with E-state index in [1.54, 1.807) is 0 Å². The van der Waals surface area contributed by atoms with Gasteiger partial charge in [-0.2, -0.15) is 0 Å². The maximum absolute atomic E-state index is 6.91. The molecule has 0 bridgehead atoms. The first-order chi connectivity index (χ1) is 13.1. The minimum atomic E-state index is -2.34. The summed E-state index contributed by atoms with van der Waals surface area (Å²) in [6, 6.07) is 31.9. The van der Waals surface area contributed by atoms with E-state index in [1.165, 1.54) is 15.9 Å². The van der Waals surface area contributed by atoms with Crippen molar-refractivity contribution in [1.82, 2.24) is 0 Å². The van der Waals surface area contributed by atoms with Gasteiger partial charge in [0.25, 0.3) is 8.32 Å². The molecule has 3 aromatic carbocycles. The maximum atomic E-state index is 6.91. The first-order valence-corrected chi connectivity index (χ1v) is 12.0. The van der Waals surface area contributed by atoms with Gasteiger partial charge in [0.05, 0.1) is 6.10 Å². The first-order valence-electron chi connectivity index (χ1n) is 9.59. The average molecular weight is 373 g/mol. The summed E-state index contributed by atoms with van der Waals surface area (Å²) < 4.78 is 6.91. The molecule has 0 aliphatic carbocycles. The fourth-order valence-corrected chi connectivity index (χ4v) is 6.72. The Morgan fingerprint density at radius 1 is 0.815 bits per heavy atom. The normalized spacial score (nSPS) is 13.7. The Labute approximate surface area is 164 Å². The summed E-state index contributed by atoms with van der Waals surface area (Å²) in [6.45, 7) is 8.64. The first kappa shape index (κ1) is 19.3. The summed E-state index contributed by atoms with van der Waals surface area (Å²) in [6.07, 6.45) is 2.96. The molecule has 138 valence electrons. The highest BCUT2D eigenvalue weighted by atomic mass is 28.4. The van der Waals surface area contributed by atoms with E-state index in [9.17, 15) is 0 Å². The van der Waals surface area contributed by atoms with Crippen molar-refractivity contribution in [1.29, 1.82) is 0 Å². The van der Waals surface area contributed by atoms with Gasteiger partial charge in [-0.1, -0.05) is 104 Å². The van der Waals surface area contributed by atoms with Gasteiger partial charge in [0, 0.05) is 0 Å². The molecular formula is C25H28OSi. The zero-order valence-electron chi connectivity index (χ0n) is 16.2. The Hall–Kier alpha value is -2.42. The highest BCUT2D eigenvalue weighted by molar-refractivity contribution is 6.96. The molecule has 0 fully saturated rings. The van der Waals surface area contributed by atoms with Crippen LogP contribution in [0.15, 0.2) is 104 Å². The molecule has 2 atom stereocenters. The summed E-state index contributed by atoms with van der Waals surface area (Å²) in [4.78, 5) is 0. The number of rotatable bonds is 8. The molecule has 0 amide bonds. The minimum absolute atomic E-state index is 0.00212. The minimum Gasteiger partial charge on any atom is -0.402 e. The third kappa shape index (κ3) is 4.65. The topological polar surface area (TPSA) is 9.23 Å². The van der Waals surface area contributed by atoms with Crippen molar-refractivity contribution in [2.45, 2.75) is 26.0 Å². The molecule has 2 unspecified atom stereocenters. The molecule has 0 saturated heterocycles. The van der Waals surface area contributed by atoms with Gasteiger partial charge < -0.3 is 4.43 Å². The second-order valence-electron chi connectivity index (χ2n) is 7.25. The summed E-state index contributed by atoms with van der Waals surface area (Å²) >= 11 is 0. The maximum Gasteiger partial charge on any atom is 0.253 e. The third-order valence-electron chi connectivity index (χ3n) is 5.21. The van der Waals surface area contributed by atoms with Crippen molar-refractivity contribution in [3.63, 3.8) is 0 Å². The lowest BCUT2D eigenvalue weighted by atomic mass is 9.96. The molecule has 0 saturated carbocycles. The van der Waals surface area contributed by atoms with Crippen LogP contribution in [-0.2, 0) is 10.8 Å². The average Bonchev–Trinajstić information content (AvgIpc) is 2.73. The Kier molecular flexibility index (Phi) is 6.43. The second-order valence-corrected chi connectivity index (χ2v) is 10.7. The van der Waals surface area contributed by atoms with Crippen LogP contribution in [0.3, 0.4) is 0 Å². The highest BCUT2D eigenvalue weighted by Gasteiger charge is 2.37. The monoisotopic (exact) mass is 372 g/mol. The van der Waals surface area contributed by atoms with E-state index in [1.807, 2.05) is 6.08 Å². The predicted octanol–water partition coefficient (Wildman–Crippen LogP) is 4.83. The molecule has 0 aliphatic rings. The summed E-state index contributed by atoms with van der Waals surface area (Å²) in [7, 11) is -2.34. The second kappa shape index (κ2) is 8.98. The van der Waals surface area contributed by atoms with Crippen LogP contribution in [0.1, 0.15) is 12.5 Å². The van der Waals surface area contributed by atoms with Crippen LogP contribution in [0.5, 0.6) is 0 Å². The molecule has 27 heavy (non-hydrogen) atoms. The number of hydrogen-bond acceptors (Lipinski definition) is 1. The van der Waals surface area contributed by atoms with E-state index in [-0.39, 0.29) is 6.10 Å². The quantitative estimate of drug-likeness (QED) is 0.407. The van der Waals surface area contributed by atoms with Gasteiger partial charge in [0.1, 0.15) is 0 Å². The van der Waals surface area contributed by atoms with Gasteiger partial charge in [0.2, 0.25) is 0 Å². The van der Waals surface area contributed by atoms with E-state index in [0.717, 1.165) is 6.42 Å². The van der Waals surface area contributed by atoms with Gasteiger partial charge >= 0.3 is 0 Å². The molecule has 1 nitrogen and oxygen atoms in total. The standard InChI is InChI=1S/C25H28OSi/c1-4-25(21(2)20-22-14-8-5-9-15-22)26-27(3,23-16-10-6-11-17-23)24-18-12-7-13-19-24/h4-19,21,25H,1,20H2,2-3H3. The Bertz CT molecular complexity index is 790. The molecule has 0 radical (unpaired) electrons. The predicted molar refractivity (Wildman–Crippen MR) is 118 cm³/mol. The molecule has 3 rings (SSSR count). The van der Waals surface area contributed by atoms with Crippen molar-refractivity contribution >= 4 is 18.7 Å². The SMILES string of the molecule is C=CC(O[Si](C)(c1ccccc1)c1ccccc1)C(C)Cc1ccccc1. The molecule has 3 aromatic rings. The van der Waals surface area contributed by atoms with Gasteiger partial charge in [-0.25, -0.2) is 0 Å². The van der Waals surface area contributed by atoms with E-state index < -0.39 is 8.32 Å². The molecule has 2 heteroatoms. The Morgan fingerprint density at radius 2 is 1.26 bits per heavy atom. The van der Waals surface area contributed by atoms with Crippen LogP contribution in [0.2, 0.25) is 6.55 Å². The van der Waals surface area contributed by atoms with Crippen LogP contribution in [-0.4, -0.2) is 14.4 Å². The fourth-order valence-electron chi connectivity index (χ4n) is 3.59. The van der Waals surface area contributed by atoms with Crippen LogP contribution in [0.4, 0.5) is 0 Å². The molecular weight excluding hydrogens is 344 g/mol. The summed E-state index contributed by atoms with van der Waals surface area (Å²) in [5.41, 5.74) is 1.34. The number of benzene rings is 3. The van der Waals surface area contributed by atoms with E-state index in [2.05, 4.69) is 111 Å². The lowest BCUT2D eigenvalue weighted by molar-refractivity contribution is 0.185. The van der Waals surface area contributed by atoms with E-state index in [4.69, 9.17) is 4.43 Å². The lowest BCUT2D eigenvalue weighted by Crippen LogP contribution is -2.60. The van der Waals surface area contributed by atoms with Crippen LogP contribution in [0, 0.1) is 5.92 Å². The van der Waals surface area contributed by atoms with Crippen molar-refractivity contribution < 1.29 is 4.43 Å². The number of hydrogen-bond donors (Lipinski definition) is 0. The Morgan fingerprint density at radius 3 is 1.70 bits per heavy atom. The molecule has 0 N–H and O–H groups in total. The van der Waals surface area contributed by atoms with Gasteiger partial charge in [-0.3, -0.25) is 0 Å². The largest absolute Gasteiger partial charge is 0.402 e. The summed E-state index contributed by atoms with van der Waals surface area (Å²) in [5.74, 6) is 0.351. The lowest BCUT2D eigenvalue weighted by Gasteiger charge is -2.34. The molecule has 0 aliphatic heterocycles. The smallest absolute Gasteiger partial charge is 0.253 e. The Balaban J connectivity index is 1.89. The fraction of sp³-hybridized carbons (Fsp3) is 0.200.